The van der Waals surface area contributed by atoms with E-state index in [1.54, 1.807) is 0 Å². The van der Waals surface area contributed by atoms with E-state index in [0.29, 0.717) is 17.8 Å². The molecule has 3 heteroatoms. The van der Waals surface area contributed by atoms with Crippen LogP contribution in [0.15, 0.2) is 99.6 Å². The Labute approximate surface area is 237 Å². The molecule has 1 aromatic rings. The summed E-state index contributed by atoms with van der Waals surface area (Å²) in [6.07, 6.45) is 10.5. The third-order valence-corrected chi connectivity index (χ3v) is 8.98. The average Bonchev–Trinajstić information content (AvgIpc) is 2.87. The molecule has 1 atom stereocenters. The molecule has 1 heterocycles. The van der Waals surface area contributed by atoms with Gasteiger partial charge in [0.05, 0.1) is 0 Å². The molecule has 0 aliphatic carbocycles. The number of benzene rings is 1. The molecule has 0 radical (unpaired) electrons. The molecule has 1 saturated heterocycles. The minimum absolute atomic E-state index is 0.382. The second kappa shape index (κ2) is 15.0. The molecule has 1 fully saturated rings. The highest BCUT2D eigenvalue weighted by Crippen LogP contribution is 2.36. The van der Waals surface area contributed by atoms with Crippen molar-refractivity contribution in [3.05, 3.63) is 99.7 Å². The number of halogens is 1. The highest BCUT2D eigenvalue weighted by Gasteiger charge is 2.23. The Morgan fingerprint density at radius 2 is 1.65 bits per heavy atom. The Kier molecular flexibility index (Phi) is 12.8. The summed E-state index contributed by atoms with van der Waals surface area (Å²) >= 11 is 7.90. The molecule has 0 aromatic heterocycles. The van der Waals surface area contributed by atoms with Crippen LogP contribution < -0.4 is 0 Å². The molecular formula is C34H48ClNS. The van der Waals surface area contributed by atoms with Crippen molar-refractivity contribution in [1.82, 2.24) is 4.31 Å². The molecule has 1 unspecified atom stereocenters. The fraction of sp³-hybridized carbons (Fsp3) is 0.471. The number of allylic oxidation sites excluding steroid dienone is 10. The molecule has 2 rings (SSSR count). The third-order valence-electron chi connectivity index (χ3n) is 7.62. The van der Waals surface area contributed by atoms with Crippen LogP contribution in [0.3, 0.4) is 0 Å². The predicted octanol–water partition coefficient (Wildman–Crippen LogP) is 11.0. The Morgan fingerprint density at radius 1 is 1.05 bits per heavy atom. The molecule has 1 aromatic carbocycles. The molecule has 0 saturated carbocycles. The molecule has 0 amide bonds. The number of hydrogen-bond donors (Lipinski definition) is 0. The Bertz CT molecular complexity index is 1060. The zero-order valence-corrected chi connectivity index (χ0v) is 26.0. The summed E-state index contributed by atoms with van der Waals surface area (Å²) in [5.41, 5.74) is 8.97. The summed E-state index contributed by atoms with van der Waals surface area (Å²) in [7, 11) is 0. The van der Waals surface area contributed by atoms with Gasteiger partial charge < -0.3 is 0 Å². The normalized spacial score (nSPS) is 18.2. The van der Waals surface area contributed by atoms with E-state index in [9.17, 15) is 0 Å². The molecule has 1 nitrogen and oxygen atoms in total. The average molecular weight is 538 g/mol. The van der Waals surface area contributed by atoms with E-state index in [1.807, 2.05) is 24.1 Å². The van der Waals surface area contributed by atoms with Crippen molar-refractivity contribution in [2.45, 2.75) is 79.5 Å². The van der Waals surface area contributed by atoms with Crippen molar-refractivity contribution in [2.75, 3.05) is 13.1 Å². The molecule has 0 spiro atoms. The summed E-state index contributed by atoms with van der Waals surface area (Å²) in [5.74, 6) is 1.51. The number of piperidine rings is 1. The number of nitrogens with zero attached hydrogens (tertiary/aromatic N) is 1. The molecule has 0 bridgehead atoms. The maximum Gasteiger partial charge on any atom is 0.0406 e. The van der Waals surface area contributed by atoms with Crippen molar-refractivity contribution in [3.8, 4) is 0 Å². The summed E-state index contributed by atoms with van der Waals surface area (Å²) in [4.78, 5) is 1.25. The second-order valence-electron chi connectivity index (χ2n) is 10.8. The predicted molar refractivity (Wildman–Crippen MR) is 168 cm³/mol. The quantitative estimate of drug-likeness (QED) is 0.204. The van der Waals surface area contributed by atoms with E-state index in [1.165, 1.54) is 32.8 Å². The lowest BCUT2D eigenvalue weighted by atomic mass is 9.81. The first-order valence-electron chi connectivity index (χ1n) is 13.8. The first kappa shape index (κ1) is 31.5. The van der Waals surface area contributed by atoms with E-state index < -0.39 is 0 Å². The van der Waals surface area contributed by atoms with Crippen molar-refractivity contribution in [1.29, 1.82) is 0 Å². The highest BCUT2D eigenvalue weighted by molar-refractivity contribution is 7.97. The van der Waals surface area contributed by atoms with Crippen LogP contribution in [-0.2, 0) is 0 Å². The van der Waals surface area contributed by atoms with Gasteiger partial charge in [0.15, 0.2) is 0 Å². The Balaban J connectivity index is 2.28. The van der Waals surface area contributed by atoms with E-state index in [2.05, 4.69) is 103 Å². The summed E-state index contributed by atoms with van der Waals surface area (Å²) in [6.45, 7) is 28.9. The van der Waals surface area contributed by atoms with E-state index in [4.69, 9.17) is 11.6 Å². The third kappa shape index (κ3) is 9.20. The van der Waals surface area contributed by atoms with Gasteiger partial charge in [-0.15, -0.1) is 0 Å². The second-order valence-corrected chi connectivity index (χ2v) is 12.4. The van der Waals surface area contributed by atoms with Crippen molar-refractivity contribution in [3.63, 3.8) is 0 Å². The fourth-order valence-corrected chi connectivity index (χ4v) is 6.00. The first-order valence-corrected chi connectivity index (χ1v) is 14.9. The standard InChI is InChI=1S/C34H48ClNS/c1-11-25(7)26(8)21-27(9)28(10)34(24(5)6)33(23(3)4)22-29(12-2)30-17-19-36(20-18-30)37-32-15-13-31(35)14-16-32/h12-16,21-22,24-25,30H,3,9,11,17-20H2,1-2,4-8,10H3/b26-21-,29-12+,33-22+,34-28+. The first-order chi connectivity index (χ1) is 17.5. The van der Waals surface area contributed by atoms with Gasteiger partial charge in [0, 0.05) is 23.0 Å². The Hall–Kier alpha value is -1.74. The maximum atomic E-state index is 6.06. The van der Waals surface area contributed by atoms with Crippen LogP contribution in [0.25, 0.3) is 0 Å². The summed E-state index contributed by atoms with van der Waals surface area (Å²) in [5, 5.41) is 0.788. The van der Waals surface area contributed by atoms with Gasteiger partial charge in [0.25, 0.3) is 0 Å². The van der Waals surface area contributed by atoms with Crippen LogP contribution >= 0.6 is 23.5 Å². The maximum absolute atomic E-state index is 6.06. The van der Waals surface area contributed by atoms with Gasteiger partial charge >= 0.3 is 0 Å². The molecule has 37 heavy (non-hydrogen) atoms. The van der Waals surface area contributed by atoms with Gasteiger partial charge in [-0.05, 0) is 129 Å². The van der Waals surface area contributed by atoms with Gasteiger partial charge in [-0.3, -0.25) is 0 Å². The van der Waals surface area contributed by atoms with Crippen LogP contribution in [0.1, 0.15) is 74.7 Å². The largest absolute Gasteiger partial charge is 0.246 e. The topological polar surface area (TPSA) is 3.24 Å². The molecule has 0 N–H and O–H groups in total. The molecular weight excluding hydrogens is 490 g/mol. The lowest BCUT2D eigenvalue weighted by Crippen LogP contribution is -2.29. The van der Waals surface area contributed by atoms with Crippen molar-refractivity contribution < 1.29 is 0 Å². The van der Waals surface area contributed by atoms with Gasteiger partial charge in [0.1, 0.15) is 0 Å². The Morgan fingerprint density at radius 3 is 2.14 bits per heavy atom. The molecule has 202 valence electrons. The minimum Gasteiger partial charge on any atom is -0.246 e. The minimum atomic E-state index is 0.382. The lowest BCUT2D eigenvalue weighted by molar-refractivity contribution is 0.323. The summed E-state index contributed by atoms with van der Waals surface area (Å²) in [6, 6.07) is 8.15. The smallest absolute Gasteiger partial charge is 0.0406 e. The lowest BCUT2D eigenvalue weighted by Gasteiger charge is -2.32. The molecule has 1 aliphatic rings. The monoisotopic (exact) mass is 537 g/mol. The molecule has 1 aliphatic heterocycles. The van der Waals surface area contributed by atoms with Crippen molar-refractivity contribution in [2.24, 2.45) is 17.8 Å². The highest BCUT2D eigenvalue weighted by atomic mass is 35.5. The van der Waals surface area contributed by atoms with Crippen LogP contribution in [0.5, 0.6) is 0 Å². The van der Waals surface area contributed by atoms with Gasteiger partial charge in [-0.25, -0.2) is 4.31 Å². The zero-order valence-electron chi connectivity index (χ0n) is 24.5. The summed E-state index contributed by atoms with van der Waals surface area (Å²) < 4.78 is 2.48. The fourth-order valence-electron chi connectivity index (χ4n) is 4.93. The number of rotatable bonds is 11. The van der Waals surface area contributed by atoms with Crippen LogP contribution in [-0.4, -0.2) is 17.4 Å². The van der Waals surface area contributed by atoms with Gasteiger partial charge in [-0.1, -0.05) is 81.8 Å². The van der Waals surface area contributed by atoms with Gasteiger partial charge in [0.2, 0.25) is 0 Å². The van der Waals surface area contributed by atoms with Gasteiger partial charge in [-0.2, -0.15) is 0 Å². The SMILES string of the molecule is C=C(C)C(=C\C(=C/C)C1CCN(Sc2ccc(Cl)cc2)CC1)/C(=C(\C)C(=C)/C=C(/C)C(C)CC)C(C)C. The van der Waals surface area contributed by atoms with E-state index in [0.717, 1.165) is 48.5 Å². The van der Waals surface area contributed by atoms with E-state index >= 15 is 0 Å². The zero-order chi connectivity index (χ0) is 27.7. The van der Waals surface area contributed by atoms with Crippen LogP contribution in [0.4, 0.5) is 0 Å². The number of hydrogen-bond acceptors (Lipinski definition) is 2. The van der Waals surface area contributed by atoms with Crippen LogP contribution in [0.2, 0.25) is 5.02 Å². The van der Waals surface area contributed by atoms with E-state index in [-0.39, 0.29) is 0 Å². The van der Waals surface area contributed by atoms with Crippen LogP contribution in [0, 0.1) is 17.8 Å². The van der Waals surface area contributed by atoms with Crippen molar-refractivity contribution >= 4 is 23.5 Å².